The normalized spacial score (nSPS) is 10.8. The zero-order chi connectivity index (χ0) is 28.4. The molecule has 41 heavy (non-hydrogen) atoms. The molecule has 0 aliphatic carbocycles. The molecule has 0 bridgehead atoms. The van der Waals surface area contributed by atoms with Crippen molar-refractivity contribution in [2.24, 2.45) is 0 Å². The fourth-order valence-corrected chi connectivity index (χ4v) is 5.20. The number of hydrogen-bond donors (Lipinski definition) is 1. The van der Waals surface area contributed by atoms with E-state index in [1.807, 2.05) is 60.7 Å². The molecule has 1 N–H and O–H groups in total. The third kappa shape index (κ3) is 7.29. The van der Waals surface area contributed by atoms with Crippen molar-refractivity contribution in [2.75, 3.05) is 20.8 Å². The predicted molar refractivity (Wildman–Crippen MR) is 160 cm³/mol. The summed E-state index contributed by atoms with van der Waals surface area (Å²) < 4.78 is 21.2. The molecule has 1 heterocycles. The number of rotatable bonds is 12. The minimum Gasteiger partial charge on any atom is -0.497 e. The van der Waals surface area contributed by atoms with Crippen molar-refractivity contribution in [1.29, 1.82) is 0 Å². The van der Waals surface area contributed by atoms with Crippen molar-refractivity contribution in [3.05, 3.63) is 131 Å². The molecule has 0 saturated carbocycles. The van der Waals surface area contributed by atoms with Crippen LogP contribution in [0.5, 0.6) is 22.4 Å². The number of nitrogens with one attached hydrogen (secondary N) is 1. The van der Waals surface area contributed by atoms with Gasteiger partial charge in [0.2, 0.25) is 0 Å². The van der Waals surface area contributed by atoms with E-state index in [0.717, 1.165) is 29.3 Å². The Kier molecular flexibility index (Phi) is 9.23. The van der Waals surface area contributed by atoms with Crippen LogP contribution >= 0.6 is 11.5 Å². The highest BCUT2D eigenvalue weighted by molar-refractivity contribution is 7.07. The van der Waals surface area contributed by atoms with Crippen molar-refractivity contribution < 1.29 is 19.0 Å². The van der Waals surface area contributed by atoms with E-state index in [-0.39, 0.29) is 11.8 Å². The lowest BCUT2D eigenvalue weighted by Gasteiger charge is -2.18. The minimum absolute atomic E-state index is 0.177. The smallest absolute Gasteiger partial charge is 0.298 e. The van der Waals surface area contributed by atoms with E-state index in [1.165, 1.54) is 11.1 Å². The Morgan fingerprint density at radius 2 is 1.56 bits per heavy atom. The lowest BCUT2D eigenvalue weighted by Crippen LogP contribution is -2.25. The monoisotopic (exact) mass is 565 g/mol. The van der Waals surface area contributed by atoms with E-state index in [9.17, 15) is 4.79 Å². The van der Waals surface area contributed by atoms with Crippen LogP contribution in [0, 0.1) is 0 Å². The summed E-state index contributed by atoms with van der Waals surface area (Å²) in [6, 6.07) is 33.6. The van der Waals surface area contributed by atoms with Crippen LogP contribution < -0.4 is 19.5 Å². The second kappa shape index (κ2) is 13.6. The summed E-state index contributed by atoms with van der Waals surface area (Å²) in [5.41, 5.74) is 3.94. The molecule has 8 heteroatoms. The maximum absolute atomic E-state index is 13.1. The average molecular weight is 566 g/mol. The Morgan fingerprint density at radius 1 is 0.829 bits per heavy atom. The number of benzene rings is 4. The Morgan fingerprint density at radius 3 is 2.24 bits per heavy atom. The molecule has 0 radical (unpaired) electrons. The molecule has 5 rings (SSSR count). The maximum atomic E-state index is 13.1. The number of hydrogen-bond acceptors (Lipinski definition) is 7. The first-order chi connectivity index (χ1) is 20.1. The summed E-state index contributed by atoms with van der Waals surface area (Å²) in [4.78, 5) is 17.6. The molecule has 0 atom stereocenters. The average Bonchev–Trinajstić information content (AvgIpc) is 3.46. The van der Waals surface area contributed by atoms with Gasteiger partial charge in [0.15, 0.2) is 17.3 Å². The quantitative estimate of drug-likeness (QED) is 0.177. The maximum Gasteiger partial charge on any atom is 0.298 e. The molecule has 0 fully saturated rings. The molecule has 0 saturated heterocycles. The van der Waals surface area contributed by atoms with Gasteiger partial charge in [-0.3, -0.25) is 4.79 Å². The van der Waals surface area contributed by atoms with Gasteiger partial charge in [-0.1, -0.05) is 72.8 Å². The number of carbonyl (C=O) groups is 1. The summed E-state index contributed by atoms with van der Waals surface area (Å²) in [5, 5.41) is 3.44. The highest BCUT2D eigenvalue weighted by Gasteiger charge is 2.17. The second-order valence-electron chi connectivity index (χ2n) is 9.39. The molecule has 1 aromatic heterocycles. The van der Waals surface area contributed by atoms with Gasteiger partial charge in [-0.05, 0) is 53.4 Å². The van der Waals surface area contributed by atoms with Gasteiger partial charge in [-0.2, -0.15) is 9.36 Å². The van der Waals surface area contributed by atoms with Crippen LogP contribution in [0.4, 0.5) is 0 Å². The van der Waals surface area contributed by atoms with E-state index in [4.69, 9.17) is 14.2 Å². The highest BCUT2D eigenvalue weighted by atomic mass is 32.1. The zero-order valence-corrected chi connectivity index (χ0v) is 23.8. The van der Waals surface area contributed by atoms with E-state index < -0.39 is 0 Å². The standard InChI is InChI=1S/C33H31N3O4S/c1-38-27-15-9-10-23(20-27)21-31-35-33(41-36-31)40-30-22-26(16-17-29(30)39-2)32(37)34-19-18-28(24-11-5-3-6-12-24)25-13-7-4-8-14-25/h3-17,20,22,28H,18-19,21H2,1-2H3,(H,34,37). The number of methoxy groups -OCH3 is 2. The van der Waals surface area contributed by atoms with Gasteiger partial charge in [0.25, 0.3) is 11.1 Å². The van der Waals surface area contributed by atoms with Crippen molar-refractivity contribution in [1.82, 2.24) is 14.7 Å². The molecule has 0 unspecified atom stereocenters. The Hall–Kier alpha value is -4.69. The molecule has 4 aromatic carbocycles. The molecule has 0 spiro atoms. The molecule has 0 aliphatic rings. The third-order valence-electron chi connectivity index (χ3n) is 6.69. The van der Waals surface area contributed by atoms with E-state index in [1.54, 1.807) is 32.4 Å². The number of carbonyl (C=O) groups excluding carboxylic acids is 1. The fraction of sp³-hybridized carbons (Fsp3) is 0.182. The largest absolute Gasteiger partial charge is 0.497 e. The summed E-state index contributed by atoms with van der Waals surface area (Å²) >= 11 is 1.15. The van der Waals surface area contributed by atoms with Crippen molar-refractivity contribution in [3.63, 3.8) is 0 Å². The Labute approximate surface area is 243 Å². The van der Waals surface area contributed by atoms with Crippen LogP contribution in [0.2, 0.25) is 0 Å². The SMILES string of the molecule is COc1cccc(Cc2nsc(Oc3cc(C(=O)NCCC(c4ccccc4)c4ccccc4)ccc3OC)n2)c1. The molecule has 1 amide bonds. The number of amides is 1. The molecule has 5 aromatic rings. The fourth-order valence-electron chi connectivity index (χ4n) is 4.64. The van der Waals surface area contributed by atoms with Gasteiger partial charge < -0.3 is 19.5 Å². The molecular weight excluding hydrogens is 534 g/mol. The van der Waals surface area contributed by atoms with Crippen LogP contribution in [0.1, 0.15) is 45.2 Å². The first-order valence-electron chi connectivity index (χ1n) is 13.3. The second-order valence-corrected chi connectivity index (χ2v) is 10.1. The van der Waals surface area contributed by atoms with Gasteiger partial charge in [0.1, 0.15) is 5.75 Å². The predicted octanol–water partition coefficient (Wildman–Crippen LogP) is 6.89. The Balaban J connectivity index is 1.24. The van der Waals surface area contributed by atoms with Gasteiger partial charge in [-0.25, -0.2) is 0 Å². The third-order valence-corrected chi connectivity index (χ3v) is 7.32. The molecule has 0 aliphatic heterocycles. The summed E-state index contributed by atoms with van der Waals surface area (Å²) in [5.74, 6) is 2.31. The minimum atomic E-state index is -0.187. The molecule has 7 nitrogen and oxygen atoms in total. The first kappa shape index (κ1) is 27.9. The highest BCUT2D eigenvalue weighted by Crippen LogP contribution is 2.34. The lowest BCUT2D eigenvalue weighted by atomic mass is 9.88. The number of aromatic nitrogens is 2. The number of ether oxygens (including phenoxy) is 3. The van der Waals surface area contributed by atoms with Gasteiger partial charge in [0.05, 0.1) is 14.2 Å². The van der Waals surface area contributed by atoms with E-state index >= 15 is 0 Å². The van der Waals surface area contributed by atoms with Crippen molar-refractivity contribution in [2.45, 2.75) is 18.8 Å². The summed E-state index contributed by atoms with van der Waals surface area (Å²) in [6.45, 7) is 0.513. The topological polar surface area (TPSA) is 82.6 Å². The van der Waals surface area contributed by atoms with Gasteiger partial charge >= 0.3 is 0 Å². The first-order valence-corrected chi connectivity index (χ1v) is 14.1. The van der Waals surface area contributed by atoms with Crippen LogP contribution in [-0.4, -0.2) is 36.0 Å². The van der Waals surface area contributed by atoms with E-state index in [2.05, 4.69) is 38.9 Å². The Bertz CT molecular complexity index is 1530. The van der Waals surface area contributed by atoms with Crippen LogP contribution in [0.15, 0.2) is 103 Å². The van der Waals surface area contributed by atoms with Crippen LogP contribution in [0.25, 0.3) is 0 Å². The lowest BCUT2D eigenvalue weighted by molar-refractivity contribution is 0.0952. The number of nitrogens with zero attached hydrogens (tertiary/aromatic N) is 2. The van der Waals surface area contributed by atoms with Crippen molar-refractivity contribution >= 4 is 17.4 Å². The zero-order valence-electron chi connectivity index (χ0n) is 22.9. The van der Waals surface area contributed by atoms with Crippen molar-refractivity contribution in [3.8, 4) is 22.4 Å². The van der Waals surface area contributed by atoms with Crippen LogP contribution in [-0.2, 0) is 6.42 Å². The summed E-state index contributed by atoms with van der Waals surface area (Å²) in [7, 11) is 3.20. The molecular formula is C33H31N3O4S. The van der Waals surface area contributed by atoms with Gasteiger partial charge in [-0.15, -0.1) is 0 Å². The van der Waals surface area contributed by atoms with Crippen LogP contribution in [0.3, 0.4) is 0 Å². The van der Waals surface area contributed by atoms with Gasteiger partial charge in [0, 0.05) is 36.0 Å². The van der Waals surface area contributed by atoms with E-state index in [0.29, 0.717) is 41.0 Å². The summed E-state index contributed by atoms with van der Waals surface area (Å²) in [6.07, 6.45) is 1.31. The molecule has 208 valence electrons.